The minimum Gasteiger partial charge on any atom is -0.333 e. The molecule has 1 aromatic heterocycles. The normalized spacial score (nSPS) is 13.4. The zero-order valence-corrected chi connectivity index (χ0v) is 9.90. The Bertz CT molecular complexity index is 280. The molecule has 0 fully saturated rings. The lowest BCUT2D eigenvalue weighted by molar-refractivity contribution is 0.455. The summed E-state index contributed by atoms with van der Waals surface area (Å²) in [5, 5.41) is 3.44. The summed E-state index contributed by atoms with van der Waals surface area (Å²) in [4.78, 5) is 4.18. The maximum absolute atomic E-state index is 5.77. The third-order valence-corrected chi connectivity index (χ3v) is 2.34. The van der Waals surface area contributed by atoms with Gasteiger partial charge in [0, 0.05) is 25.3 Å². The highest BCUT2D eigenvalue weighted by molar-refractivity contribution is 5.06. The van der Waals surface area contributed by atoms with Gasteiger partial charge in [0.1, 0.15) is 0 Å². The first-order valence-electron chi connectivity index (χ1n) is 5.65. The van der Waals surface area contributed by atoms with Crippen LogP contribution in [0.1, 0.15) is 38.9 Å². The molecule has 4 nitrogen and oxygen atoms in total. The molecule has 0 aliphatic heterocycles. The smallest absolute Gasteiger partial charge is 0.0948 e. The number of hydrogen-bond donors (Lipinski definition) is 2. The number of nitrogens with one attached hydrogen (secondary N) is 1. The van der Waals surface area contributed by atoms with Gasteiger partial charge in [-0.25, -0.2) is 4.98 Å². The van der Waals surface area contributed by atoms with Gasteiger partial charge < -0.3 is 15.6 Å². The summed E-state index contributed by atoms with van der Waals surface area (Å²) >= 11 is 0. The van der Waals surface area contributed by atoms with E-state index < -0.39 is 0 Å². The summed E-state index contributed by atoms with van der Waals surface area (Å²) in [5.41, 5.74) is 6.96. The lowest BCUT2D eigenvalue weighted by Gasteiger charge is -2.20. The number of aryl methyl sites for hydroxylation is 1. The second-order valence-electron chi connectivity index (χ2n) is 4.12. The van der Waals surface area contributed by atoms with E-state index in [1.54, 1.807) is 0 Å². The van der Waals surface area contributed by atoms with Crippen molar-refractivity contribution in [3.8, 4) is 0 Å². The van der Waals surface area contributed by atoms with Crippen molar-refractivity contribution in [3.05, 3.63) is 18.2 Å². The van der Waals surface area contributed by atoms with Gasteiger partial charge in [0.2, 0.25) is 0 Å². The van der Waals surface area contributed by atoms with Gasteiger partial charge in [-0.05, 0) is 6.42 Å². The van der Waals surface area contributed by atoms with Crippen LogP contribution in [0.15, 0.2) is 12.5 Å². The van der Waals surface area contributed by atoms with Gasteiger partial charge in [-0.2, -0.15) is 0 Å². The van der Waals surface area contributed by atoms with Crippen molar-refractivity contribution in [2.45, 2.75) is 45.8 Å². The van der Waals surface area contributed by atoms with E-state index in [4.69, 9.17) is 5.73 Å². The number of nitrogens with zero attached hydrogens (tertiary/aromatic N) is 2. The molecule has 1 rings (SSSR count). The Balaban J connectivity index is 2.76. The van der Waals surface area contributed by atoms with Crippen molar-refractivity contribution in [2.24, 2.45) is 5.73 Å². The molecule has 0 bridgehead atoms. The first-order chi connectivity index (χ1) is 7.19. The lowest BCUT2D eigenvalue weighted by Crippen LogP contribution is -2.34. The van der Waals surface area contributed by atoms with Crippen LogP contribution in [0, 0.1) is 0 Å². The van der Waals surface area contributed by atoms with E-state index in [-0.39, 0.29) is 6.04 Å². The highest BCUT2D eigenvalue weighted by atomic mass is 15.1. The van der Waals surface area contributed by atoms with Crippen LogP contribution in [-0.2, 0) is 6.54 Å². The fraction of sp³-hybridized carbons (Fsp3) is 0.727. The fourth-order valence-electron chi connectivity index (χ4n) is 1.73. The van der Waals surface area contributed by atoms with Crippen LogP contribution in [-0.4, -0.2) is 22.1 Å². The van der Waals surface area contributed by atoms with E-state index in [0.29, 0.717) is 12.6 Å². The second kappa shape index (κ2) is 5.88. The Kier molecular flexibility index (Phi) is 4.78. The van der Waals surface area contributed by atoms with E-state index in [0.717, 1.165) is 13.0 Å². The van der Waals surface area contributed by atoms with Crippen LogP contribution < -0.4 is 11.1 Å². The average Bonchev–Trinajstić information content (AvgIpc) is 2.63. The largest absolute Gasteiger partial charge is 0.333 e. The van der Waals surface area contributed by atoms with Gasteiger partial charge >= 0.3 is 0 Å². The molecule has 0 saturated carbocycles. The topological polar surface area (TPSA) is 55.9 Å². The molecule has 1 aromatic rings. The molecule has 0 aliphatic carbocycles. The number of imidazole rings is 1. The van der Waals surface area contributed by atoms with E-state index in [2.05, 4.69) is 35.6 Å². The average molecular weight is 210 g/mol. The number of nitrogens with two attached hydrogens (primary N) is 1. The van der Waals surface area contributed by atoms with Gasteiger partial charge in [-0.1, -0.05) is 20.8 Å². The summed E-state index contributed by atoms with van der Waals surface area (Å²) < 4.78 is 2.17. The molecule has 0 spiro atoms. The maximum Gasteiger partial charge on any atom is 0.0948 e. The van der Waals surface area contributed by atoms with Gasteiger partial charge in [0.05, 0.1) is 18.1 Å². The number of hydrogen-bond acceptors (Lipinski definition) is 3. The highest BCUT2D eigenvalue weighted by Gasteiger charge is 2.14. The van der Waals surface area contributed by atoms with Crippen LogP contribution in [0.3, 0.4) is 0 Å². The zero-order valence-electron chi connectivity index (χ0n) is 9.90. The van der Waals surface area contributed by atoms with Crippen LogP contribution in [0.5, 0.6) is 0 Å². The zero-order chi connectivity index (χ0) is 11.3. The van der Waals surface area contributed by atoms with Crippen molar-refractivity contribution in [3.63, 3.8) is 0 Å². The predicted molar refractivity (Wildman–Crippen MR) is 62.6 cm³/mol. The van der Waals surface area contributed by atoms with Crippen LogP contribution in [0.2, 0.25) is 0 Å². The Morgan fingerprint density at radius 1 is 1.53 bits per heavy atom. The third kappa shape index (κ3) is 3.32. The summed E-state index contributed by atoms with van der Waals surface area (Å²) in [6.07, 6.45) is 4.90. The minimum atomic E-state index is 0.207. The summed E-state index contributed by atoms with van der Waals surface area (Å²) in [7, 11) is 0. The molecule has 4 heteroatoms. The fourth-order valence-corrected chi connectivity index (χ4v) is 1.73. The van der Waals surface area contributed by atoms with Crippen molar-refractivity contribution in [1.82, 2.24) is 14.9 Å². The molecule has 0 aliphatic rings. The Labute approximate surface area is 91.9 Å². The quantitative estimate of drug-likeness (QED) is 0.744. The molecule has 1 unspecified atom stereocenters. The van der Waals surface area contributed by atoms with Crippen molar-refractivity contribution in [2.75, 3.05) is 6.54 Å². The Morgan fingerprint density at radius 3 is 2.80 bits per heavy atom. The van der Waals surface area contributed by atoms with Crippen LogP contribution >= 0.6 is 0 Å². The van der Waals surface area contributed by atoms with Gasteiger partial charge in [-0.15, -0.1) is 0 Å². The lowest BCUT2D eigenvalue weighted by atomic mass is 10.2. The molecule has 1 atom stereocenters. The Morgan fingerprint density at radius 2 is 2.27 bits per heavy atom. The van der Waals surface area contributed by atoms with E-state index in [9.17, 15) is 0 Å². The molecule has 0 aromatic carbocycles. The highest BCUT2D eigenvalue weighted by Crippen LogP contribution is 2.12. The summed E-state index contributed by atoms with van der Waals surface area (Å²) in [6.45, 7) is 8.03. The van der Waals surface area contributed by atoms with E-state index >= 15 is 0 Å². The van der Waals surface area contributed by atoms with E-state index in [1.165, 1.54) is 5.69 Å². The summed E-state index contributed by atoms with van der Waals surface area (Å²) in [6, 6.07) is 0.641. The van der Waals surface area contributed by atoms with Gasteiger partial charge in [0.25, 0.3) is 0 Å². The van der Waals surface area contributed by atoms with Crippen molar-refractivity contribution in [1.29, 1.82) is 0 Å². The molecule has 3 N–H and O–H groups in total. The molecular formula is C11H22N4. The van der Waals surface area contributed by atoms with Crippen molar-refractivity contribution < 1.29 is 0 Å². The monoisotopic (exact) mass is 210 g/mol. The number of aromatic nitrogens is 2. The molecular weight excluding hydrogens is 188 g/mol. The molecule has 15 heavy (non-hydrogen) atoms. The van der Waals surface area contributed by atoms with Crippen molar-refractivity contribution >= 4 is 0 Å². The SMILES string of the molecule is CCCn1cncc1C(CN)NC(C)C. The third-order valence-electron chi connectivity index (χ3n) is 2.34. The molecule has 0 amide bonds. The maximum atomic E-state index is 5.77. The molecule has 0 saturated heterocycles. The Hall–Kier alpha value is -0.870. The van der Waals surface area contributed by atoms with Crippen LogP contribution in [0.25, 0.3) is 0 Å². The molecule has 0 radical (unpaired) electrons. The first-order valence-corrected chi connectivity index (χ1v) is 5.65. The standard InChI is InChI=1S/C11H22N4/c1-4-5-15-8-13-7-11(15)10(6-12)14-9(2)3/h7-10,14H,4-6,12H2,1-3H3. The van der Waals surface area contributed by atoms with Gasteiger partial charge in [0.15, 0.2) is 0 Å². The molecule has 1 heterocycles. The predicted octanol–water partition coefficient (Wildman–Crippen LogP) is 1.29. The minimum absolute atomic E-state index is 0.207. The van der Waals surface area contributed by atoms with E-state index in [1.807, 2.05) is 12.5 Å². The van der Waals surface area contributed by atoms with Gasteiger partial charge in [-0.3, -0.25) is 0 Å². The number of rotatable bonds is 6. The van der Waals surface area contributed by atoms with Crippen LogP contribution in [0.4, 0.5) is 0 Å². The second-order valence-corrected chi connectivity index (χ2v) is 4.12. The first kappa shape index (κ1) is 12.2. The summed E-state index contributed by atoms with van der Waals surface area (Å²) in [5.74, 6) is 0. The molecule has 86 valence electrons.